The topological polar surface area (TPSA) is 47.6 Å². The highest BCUT2D eigenvalue weighted by molar-refractivity contribution is 7.80. The second-order valence-corrected chi connectivity index (χ2v) is 8.61. The summed E-state index contributed by atoms with van der Waals surface area (Å²) in [5.41, 5.74) is 2.99. The van der Waals surface area contributed by atoms with E-state index in [1.807, 2.05) is 36.4 Å². The van der Waals surface area contributed by atoms with Crippen LogP contribution in [0.2, 0.25) is 5.02 Å². The van der Waals surface area contributed by atoms with Crippen molar-refractivity contribution < 1.29 is 9.18 Å². The molecule has 3 aromatic rings. The van der Waals surface area contributed by atoms with E-state index in [9.17, 15) is 9.18 Å². The van der Waals surface area contributed by atoms with E-state index in [0.717, 1.165) is 43.1 Å². The van der Waals surface area contributed by atoms with Crippen molar-refractivity contribution in [1.29, 1.82) is 0 Å². The van der Waals surface area contributed by atoms with Crippen LogP contribution < -0.4 is 15.5 Å². The van der Waals surface area contributed by atoms with Gasteiger partial charge in [-0.05, 0) is 54.7 Å². The summed E-state index contributed by atoms with van der Waals surface area (Å²) in [6, 6.07) is 21.6. The van der Waals surface area contributed by atoms with Crippen molar-refractivity contribution in [3.63, 3.8) is 0 Å². The molecule has 0 aromatic heterocycles. The molecule has 1 fully saturated rings. The Morgan fingerprint density at radius 3 is 2.30 bits per heavy atom. The van der Waals surface area contributed by atoms with Crippen molar-refractivity contribution in [3.05, 3.63) is 94.8 Å². The van der Waals surface area contributed by atoms with Crippen LogP contribution in [-0.4, -0.2) is 42.1 Å². The highest BCUT2D eigenvalue weighted by Crippen LogP contribution is 2.21. The van der Waals surface area contributed by atoms with Gasteiger partial charge in [-0.2, -0.15) is 0 Å². The van der Waals surface area contributed by atoms with Gasteiger partial charge in [0, 0.05) is 49.7 Å². The zero-order valence-corrected chi connectivity index (χ0v) is 19.5. The van der Waals surface area contributed by atoms with Crippen LogP contribution in [0.4, 0.5) is 15.8 Å². The van der Waals surface area contributed by atoms with Crippen molar-refractivity contribution in [2.24, 2.45) is 0 Å². The lowest BCUT2D eigenvalue weighted by Crippen LogP contribution is -2.46. The molecular weight excluding hydrogens is 459 g/mol. The fraction of sp³-hybridized carbons (Fsp3) is 0.200. The van der Waals surface area contributed by atoms with Gasteiger partial charge in [0.15, 0.2) is 5.11 Å². The molecule has 1 amide bonds. The number of carbonyl (C=O) groups excluding carboxylic acids is 1. The third kappa shape index (κ3) is 6.07. The van der Waals surface area contributed by atoms with Crippen LogP contribution in [0.5, 0.6) is 0 Å². The smallest absolute Gasteiger partial charge is 0.258 e. The van der Waals surface area contributed by atoms with E-state index >= 15 is 0 Å². The molecule has 5 nitrogen and oxygen atoms in total. The summed E-state index contributed by atoms with van der Waals surface area (Å²) in [4.78, 5) is 16.9. The molecule has 1 saturated heterocycles. The van der Waals surface area contributed by atoms with Gasteiger partial charge in [0.05, 0.1) is 10.6 Å². The SMILES string of the molecule is O=C(NC(=S)Nc1ccc(N2CCN(Cc3ccccc3F)CC2)cc1)c1ccccc1Cl. The monoisotopic (exact) mass is 482 g/mol. The van der Waals surface area contributed by atoms with Crippen LogP contribution >= 0.6 is 23.8 Å². The van der Waals surface area contributed by atoms with Crippen molar-refractivity contribution >= 4 is 46.2 Å². The van der Waals surface area contributed by atoms with Gasteiger partial charge in [-0.3, -0.25) is 15.0 Å². The molecular formula is C25H24ClFN4OS. The predicted molar refractivity (Wildman–Crippen MR) is 135 cm³/mol. The van der Waals surface area contributed by atoms with Gasteiger partial charge in [0.25, 0.3) is 5.91 Å². The lowest BCUT2D eigenvalue weighted by Gasteiger charge is -2.36. The van der Waals surface area contributed by atoms with Gasteiger partial charge >= 0.3 is 0 Å². The normalized spacial score (nSPS) is 14.1. The van der Waals surface area contributed by atoms with Crippen LogP contribution in [-0.2, 0) is 6.54 Å². The highest BCUT2D eigenvalue weighted by Gasteiger charge is 2.18. The second kappa shape index (κ2) is 10.7. The van der Waals surface area contributed by atoms with E-state index in [0.29, 0.717) is 17.1 Å². The molecule has 0 saturated carbocycles. The van der Waals surface area contributed by atoms with Crippen molar-refractivity contribution in [2.45, 2.75) is 6.54 Å². The minimum absolute atomic E-state index is 0.149. The first-order valence-electron chi connectivity index (χ1n) is 10.7. The van der Waals surface area contributed by atoms with E-state index in [1.54, 1.807) is 30.3 Å². The number of thiocarbonyl (C=S) groups is 1. The molecule has 3 aromatic carbocycles. The zero-order chi connectivity index (χ0) is 23.2. The molecule has 170 valence electrons. The minimum Gasteiger partial charge on any atom is -0.369 e. The third-order valence-electron chi connectivity index (χ3n) is 5.56. The first kappa shape index (κ1) is 23.2. The van der Waals surface area contributed by atoms with E-state index in [4.69, 9.17) is 23.8 Å². The molecule has 1 aliphatic rings. The first-order chi connectivity index (χ1) is 16.0. The van der Waals surface area contributed by atoms with Crippen molar-refractivity contribution in [3.8, 4) is 0 Å². The van der Waals surface area contributed by atoms with Crippen LogP contribution in [0, 0.1) is 5.82 Å². The largest absolute Gasteiger partial charge is 0.369 e. The number of benzene rings is 3. The second-order valence-electron chi connectivity index (χ2n) is 7.79. The number of piperazine rings is 1. The lowest BCUT2D eigenvalue weighted by molar-refractivity contribution is 0.0978. The predicted octanol–water partition coefficient (Wildman–Crippen LogP) is 4.93. The number of anilines is 2. The Morgan fingerprint density at radius 2 is 1.61 bits per heavy atom. The van der Waals surface area contributed by atoms with Gasteiger partial charge in [-0.1, -0.05) is 41.9 Å². The number of carbonyl (C=O) groups is 1. The third-order valence-corrected chi connectivity index (χ3v) is 6.09. The molecule has 33 heavy (non-hydrogen) atoms. The maximum atomic E-state index is 13.9. The molecule has 0 aliphatic carbocycles. The van der Waals surface area contributed by atoms with Gasteiger partial charge in [0.2, 0.25) is 0 Å². The summed E-state index contributed by atoms with van der Waals surface area (Å²) in [7, 11) is 0. The number of rotatable bonds is 5. The molecule has 0 radical (unpaired) electrons. The summed E-state index contributed by atoms with van der Waals surface area (Å²) in [5, 5.41) is 6.25. The Balaban J connectivity index is 1.27. The fourth-order valence-corrected chi connectivity index (χ4v) is 4.20. The molecule has 0 bridgehead atoms. The average molecular weight is 483 g/mol. The fourth-order valence-electron chi connectivity index (χ4n) is 3.77. The molecule has 0 spiro atoms. The Labute approximate surface area is 203 Å². The number of hydrogen-bond acceptors (Lipinski definition) is 4. The quantitative estimate of drug-likeness (QED) is 0.505. The maximum absolute atomic E-state index is 13.9. The van der Waals surface area contributed by atoms with E-state index < -0.39 is 0 Å². The Morgan fingerprint density at radius 1 is 0.939 bits per heavy atom. The molecule has 4 rings (SSSR count). The van der Waals surface area contributed by atoms with Gasteiger partial charge < -0.3 is 10.2 Å². The van der Waals surface area contributed by atoms with E-state index in [2.05, 4.69) is 20.4 Å². The zero-order valence-electron chi connectivity index (χ0n) is 17.9. The lowest BCUT2D eigenvalue weighted by atomic mass is 10.1. The molecule has 1 heterocycles. The van der Waals surface area contributed by atoms with Crippen LogP contribution in [0.1, 0.15) is 15.9 Å². The molecule has 8 heteroatoms. The Bertz CT molecular complexity index is 1130. The van der Waals surface area contributed by atoms with Crippen LogP contribution in [0.3, 0.4) is 0 Å². The summed E-state index contributed by atoms with van der Waals surface area (Å²) >= 11 is 11.3. The molecule has 0 unspecified atom stereocenters. The minimum atomic E-state index is -0.358. The molecule has 1 aliphatic heterocycles. The maximum Gasteiger partial charge on any atom is 0.258 e. The first-order valence-corrected chi connectivity index (χ1v) is 11.5. The van der Waals surface area contributed by atoms with E-state index in [-0.39, 0.29) is 16.8 Å². The Kier molecular flexibility index (Phi) is 7.54. The summed E-state index contributed by atoms with van der Waals surface area (Å²) in [5.74, 6) is -0.507. The van der Waals surface area contributed by atoms with Crippen LogP contribution in [0.25, 0.3) is 0 Å². The van der Waals surface area contributed by atoms with Gasteiger partial charge in [-0.15, -0.1) is 0 Å². The number of halogens is 2. The van der Waals surface area contributed by atoms with Gasteiger partial charge in [-0.25, -0.2) is 4.39 Å². The van der Waals surface area contributed by atoms with Crippen molar-refractivity contribution in [2.75, 3.05) is 36.4 Å². The number of nitrogens with zero attached hydrogens (tertiary/aromatic N) is 2. The van der Waals surface area contributed by atoms with Crippen LogP contribution in [0.15, 0.2) is 72.8 Å². The molecule has 2 N–H and O–H groups in total. The van der Waals surface area contributed by atoms with E-state index in [1.165, 1.54) is 6.07 Å². The molecule has 0 atom stereocenters. The standard InChI is InChI=1S/C25H24ClFN4OS/c26-22-7-3-2-6-21(22)24(32)29-25(33)28-19-9-11-20(12-10-19)31-15-13-30(14-16-31)17-18-5-1-4-8-23(18)27/h1-12H,13-17H2,(H2,28,29,32,33). The number of amides is 1. The van der Waals surface area contributed by atoms with Crippen molar-refractivity contribution in [1.82, 2.24) is 10.2 Å². The number of hydrogen-bond donors (Lipinski definition) is 2. The average Bonchev–Trinajstić information content (AvgIpc) is 2.82. The number of nitrogens with one attached hydrogen (secondary N) is 2. The highest BCUT2D eigenvalue weighted by atomic mass is 35.5. The van der Waals surface area contributed by atoms with Gasteiger partial charge in [0.1, 0.15) is 5.82 Å². The Hall–Kier alpha value is -3.00. The summed E-state index contributed by atoms with van der Waals surface area (Å²) < 4.78 is 13.9. The summed E-state index contributed by atoms with van der Waals surface area (Å²) in [6.07, 6.45) is 0. The summed E-state index contributed by atoms with van der Waals surface area (Å²) in [6.45, 7) is 4.10.